The van der Waals surface area contributed by atoms with Crippen molar-refractivity contribution >= 4 is 16.9 Å². The number of aromatic amines is 1. The van der Waals surface area contributed by atoms with Crippen LogP contribution in [0.5, 0.6) is 11.6 Å². The molecule has 44 heavy (non-hydrogen) atoms. The van der Waals surface area contributed by atoms with Crippen molar-refractivity contribution in [2.75, 3.05) is 39.3 Å². The number of nitrogens with one attached hydrogen (secondary N) is 1. The van der Waals surface area contributed by atoms with E-state index in [4.69, 9.17) is 4.74 Å². The van der Waals surface area contributed by atoms with Gasteiger partial charge in [-0.05, 0) is 48.4 Å². The van der Waals surface area contributed by atoms with Gasteiger partial charge in [0.2, 0.25) is 11.8 Å². The Morgan fingerprint density at radius 1 is 1.07 bits per heavy atom. The number of piperazine rings is 1. The van der Waals surface area contributed by atoms with E-state index in [1.807, 2.05) is 26.0 Å². The molecule has 1 aromatic carbocycles. The largest absolute Gasteiger partial charge is 0.437 e. The fourth-order valence-corrected chi connectivity index (χ4v) is 6.17. The van der Waals surface area contributed by atoms with Gasteiger partial charge in [0.15, 0.2) is 0 Å². The van der Waals surface area contributed by atoms with Crippen molar-refractivity contribution in [3.8, 4) is 11.6 Å². The first kappa shape index (κ1) is 30.0. The van der Waals surface area contributed by atoms with Gasteiger partial charge in [-0.25, -0.2) is 9.97 Å². The predicted molar refractivity (Wildman–Crippen MR) is 159 cm³/mol. The molecule has 1 amide bonds. The van der Waals surface area contributed by atoms with Gasteiger partial charge in [-0.3, -0.25) is 14.7 Å². The summed E-state index contributed by atoms with van der Waals surface area (Å²) < 4.78 is 48.5. The summed E-state index contributed by atoms with van der Waals surface area (Å²) in [5, 5.41) is 0.746. The van der Waals surface area contributed by atoms with E-state index in [-0.39, 0.29) is 30.4 Å². The van der Waals surface area contributed by atoms with Crippen LogP contribution in [0.4, 0.5) is 13.2 Å². The Kier molecular flexibility index (Phi) is 8.30. The summed E-state index contributed by atoms with van der Waals surface area (Å²) in [4.78, 5) is 35.7. The van der Waals surface area contributed by atoms with E-state index in [1.165, 1.54) is 12.4 Å². The molecule has 3 aromatic heterocycles. The first-order chi connectivity index (χ1) is 21.1. The van der Waals surface area contributed by atoms with Gasteiger partial charge < -0.3 is 19.5 Å². The third kappa shape index (κ3) is 6.41. The van der Waals surface area contributed by atoms with Gasteiger partial charge in [-0.2, -0.15) is 13.2 Å². The first-order valence-electron chi connectivity index (χ1n) is 15.0. The number of rotatable bonds is 7. The smallest absolute Gasteiger partial charge is 0.416 e. The molecule has 1 atom stereocenters. The molecule has 232 valence electrons. The van der Waals surface area contributed by atoms with Crippen LogP contribution < -0.4 is 4.74 Å². The van der Waals surface area contributed by atoms with Crippen LogP contribution in [0.15, 0.2) is 42.9 Å². The van der Waals surface area contributed by atoms with Crippen molar-refractivity contribution in [1.82, 2.24) is 34.6 Å². The number of alkyl halides is 3. The molecule has 4 aromatic rings. The second-order valence-corrected chi connectivity index (χ2v) is 11.8. The van der Waals surface area contributed by atoms with Crippen LogP contribution in [0.1, 0.15) is 53.4 Å². The van der Waals surface area contributed by atoms with E-state index in [9.17, 15) is 18.0 Å². The van der Waals surface area contributed by atoms with Gasteiger partial charge in [0, 0.05) is 57.4 Å². The van der Waals surface area contributed by atoms with E-state index in [1.54, 1.807) is 17.2 Å². The Hall–Kier alpha value is -4.03. The van der Waals surface area contributed by atoms with Gasteiger partial charge in [0.25, 0.3) is 0 Å². The maximum absolute atomic E-state index is 14.1. The molecule has 0 saturated carbocycles. The number of likely N-dealkylation sites (N-methyl/N-ethyl adjacent to an activating group) is 1. The molecular formula is C32H36F3N7O2. The number of H-pyrrole nitrogens is 1. The normalized spacial score (nSPS) is 18.0. The Morgan fingerprint density at radius 2 is 1.84 bits per heavy atom. The third-order valence-electron chi connectivity index (χ3n) is 8.53. The number of benzene rings is 1. The number of pyridine rings is 1. The zero-order valence-electron chi connectivity index (χ0n) is 25.1. The van der Waals surface area contributed by atoms with Crippen molar-refractivity contribution in [2.24, 2.45) is 0 Å². The SMILES string of the molecule is CCN1CCN(Cc2ccc(CC(=O)N3Cc4cc(Oc5ncnc6[nH]c(C)cc56)cnc4[C@@H](C)C3)cc2C(F)(F)F)CC1. The topological polar surface area (TPSA) is 90.5 Å². The molecule has 0 spiro atoms. The van der Waals surface area contributed by atoms with E-state index >= 15 is 0 Å². The molecule has 1 N–H and O–H groups in total. The number of halogens is 3. The Labute approximate surface area is 254 Å². The van der Waals surface area contributed by atoms with Crippen LogP contribution in [0.3, 0.4) is 0 Å². The highest BCUT2D eigenvalue weighted by molar-refractivity contribution is 5.82. The summed E-state index contributed by atoms with van der Waals surface area (Å²) in [7, 11) is 0. The minimum absolute atomic E-state index is 0.0453. The molecule has 0 radical (unpaired) electrons. The van der Waals surface area contributed by atoms with Crippen molar-refractivity contribution < 1.29 is 22.7 Å². The molecule has 1 saturated heterocycles. The van der Waals surface area contributed by atoms with Gasteiger partial charge in [0.05, 0.1) is 29.3 Å². The summed E-state index contributed by atoms with van der Waals surface area (Å²) in [6, 6.07) is 8.10. The van der Waals surface area contributed by atoms with Crippen molar-refractivity contribution in [1.29, 1.82) is 0 Å². The zero-order chi connectivity index (χ0) is 31.0. The fourth-order valence-electron chi connectivity index (χ4n) is 6.17. The van der Waals surface area contributed by atoms with E-state index in [2.05, 4.69) is 36.7 Å². The van der Waals surface area contributed by atoms with Crippen molar-refractivity contribution in [3.63, 3.8) is 0 Å². The highest BCUT2D eigenvalue weighted by Gasteiger charge is 2.35. The summed E-state index contributed by atoms with van der Waals surface area (Å²) in [5.41, 5.74) is 3.23. The molecular weight excluding hydrogens is 571 g/mol. The van der Waals surface area contributed by atoms with Crippen molar-refractivity contribution in [2.45, 2.75) is 52.4 Å². The molecule has 9 nitrogen and oxygen atoms in total. The lowest BCUT2D eigenvalue weighted by Crippen LogP contribution is -2.45. The molecule has 1 fully saturated rings. The van der Waals surface area contributed by atoms with E-state index in [0.717, 1.165) is 61.1 Å². The van der Waals surface area contributed by atoms with E-state index in [0.29, 0.717) is 35.9 Å². The average molecular weight is 608 g/mol. The summed E-state index contributed by atoms with van der Waals surface area (Å²) in [5.74, 6) is 0.595. The van der Waals surface area contributed by atoms with Gasteiger partial charge in [-0.1, -0.05) is 26.0 Å². The molecule has 0 aliphatic carbocycles. The number of amides is 1. The predicted octanol–water partition coefficient (Wildman–Crippen LogP) is 5.30. The Balaban J connectivity index is 1.16. The fraction of sp³-hybridized carbons (Fsp3) is 0.438. The molecule has 2 aliphatic heterocycles. The van der Waals surface area contributed by atoms with Crippen LogP contribution in [0.25, 0.3) is 11.0 Å². The molecule has 12 heteroatoms. The number of fused-ring (bicyclic) bond motifs is 2. The van der Waals surface area contributed by atoms with Crippen LogP contribution in [-0.4, -0.2) is 79.8 Å². The minimum Gasteiger partial charge on any atom is -0.437 e. The maximum Gasteiger partial charge on any atom is 0.416 e. The average Bonchev–Trinajstić information content (AvgIpc) is 3.39. The first-order valence-corrected chi connectivity index (χ1v) is 15.0. The standard InChI is InChI=1S/C32H36F3N7O2/c1-4-40-7-9-41(10-8-40)17-23-6-5-22(12-27(23)32(33,34)35)13-28(43)42-16-20(2)29-24(18-42)14-25(15-36-29)44-31-26-11-21(3)39-30(26)37-19-38-31/h5-6,11-12,14-15,19-20H,4,7-10,13,16-18H2,1-3H3,(H,37,38,39)/t20-/m0/s1. The van der Waals surface area contributed by atoms with Gasteiger partial charge >= 0.3 is 6.18 Å². The Bertz CT molecular complexity index is 1660. The molecule has 2 aliphatic rings. The molecule has 6 rings (SSSR count). The van der Waals surface area contributed by atoms with Crippen LogP contribution >= 0.6 is 0 Å². The minimum atomic E-state index is -4.51. The van der Waals surface area contributed by atoms with Crippen molar-refractivity contribution in [3.05, 3.63) is 76.5 Å². The number of hydrogen-bond acceptors (Lipinski definition) is 7. The second kappa shape index (κ2) is 12.2. The van der Waals surface area contributed by atoms with Crippen LogP contribution in [-0.2, 0) is 30.5 Å². The lowest BCUT2D eigenvalue weighted by molar-refractivity contribution is -0.138. The lowest BCUT2D eigenvalue weighted by atomic mass is 9.95. The Morgan fingerprint density at radius 3 is 2.59 bits per heavy atom. The monoisotopic (exact) mass is 607 g/mol. The zero-order valence-corrected chi connectivity index (χ0v) is 25.1. The number of ether oxygens (including phenoxy) is 1. The van der Waals surface area contributed by atoms with Gasteiger partial charge in [0.1, 0.15) is 17.7 Å². The van der Waals surface area contributed by atoms with Gasteiger partial charge in [-0.15, -0.1) is 0 Å². The number of nitrogens with zero attached hydrogens (tertiary/aromatic N) is 6. The summed E-state index contributed by atoms with van der Waals surface area (Å²) in [6.07, 6.45) is -1.55. The number of aromatic nitrogens is 4. The molecule has 0 unspecified atom stereocenters. The van der Waals surface area contributed by atoms with Crippen LogP contribution in [0.2, 0.25) is 0 Å². The summed E-state index contributed by atoms with van der Waals surface area (Å²) >= 11 is 0. The number of carbonyl (C=O) groups excluding carboxylic acids is 1. The van der Waals surface area contributed by atoms with Crippen LogP contribution in [0, 0.1) is 6.92 Å². The highest BCUT2D eigenvalue weighted by Crippen LogP contribution is 2.35. The number of hydrogen-bond donors (Lipinski definition) is 1. The number of carbonyl (C=O) groups is 1. The maximum atomic E-state index is 14.1. The quantitative estimate of drug-likeness (QED) is 0.305. The molecule has 0 bridgehead atoms. The lowest BCUT2D eigenvalue weighted by Gasteiger charge is -2.34. The third-order valence-corrected chi connectivity index (χ3v) is 8.53. The van der Waals surface area contributed by atoms with E-state index < -0.39 is 11.7 Å². The second-order valence-electron chi connectivity index (χ2n) is 11.8. The summed E-state index contributed by atoms with van der Waals surface area (Å²) in [6.45, 7) is 11.1. The number of aryl methyl sites for hydroxylation is 1. The molecule has 5 heterocycles. The highest BCUT2D eigenvalue weighted by atomic mass is 19.4.